The van der Waals surface area contributed by atoms with Gasteiger partial charge in [0.15, 0.2) is 0 Å². The second-order valence-electron chi connectivity index (χ2n) is 19.9. The van der Waals surface area contributed by atoms with Gasteiger partial charge in [0.25, 0.3) is 11.8 Å². The minimum atomic E-state index is -0.535. The lowest BCUT2D eigenvalue weighted by Gasteiger charge is -2.18. The highest BCUT2D eigenvalue weighted by Gasteiger charge is 2.23. The Kier molecular flexibility index (Phi) is 17.8. The number of nitrogens with zero attached hydrogens (tertiary/aromatic N) is 3. The largest absolute Gasteiger partial charge is 0.396 e. The van der Waals surface area contributed by atoms with Gasteiger partial charge in [-0.15, -0.1) is 4.57 Å². The van der Waals surface area contributed by atoms with Gasteiger partial charge in [-0.3, -0.25) is 9.59 Å². The zero-order valence-corrected chi connectivity index (χ0v) is 44.8. The maximum Gasteiger partial charge on any atom is 0.251 e. The van der Waals surface area contributed by atoms with Crippen molar-refractivity contribution in [2.24, 2.45) is 4.99 Å². The summed E-state index contributed by atoms with van der Waals surface area (Å²) in [5.41, 5.74) is 26.3. The van der Waals surface area contributed by atoms with Crippen LogP contribution in [0.4, 0.5) is 42.9 Å². The Labute approximate surface area is 460 Å². The molecule has 2 amide bonds. The lowest BCUT2D eigenvalue weighted by Crippen LogP contribution is -2.33. The molecule has 0 bridgehead atoms. The number of unbranched alkanes of at least 4 members (excludes halogenated alkanes) is 6. The number of para-hydroxylation sites is 2. The molecule has 1 aliphatic carbocycles. The topological polar surface area (TPSA) is 175 Å². The zero-order valence-electron chi connectivity index (χ0n) is 44.8. The molecule has 8 aromatic rings. The number of halogens is 2. The van der Waals surface area contributed by atoms with Crippen molar-refractivity contribution in [1.82, 2.24) is 20.9 Å². The summed E-state index contributed by atoms with van der Waals surface area (Å²) in [7, 11) is 0. The third-order valence-electron chi connectivity index (χ3n) is 14.0. The molecule has 0 saturated carbocycles. The molecule has 0 aliphatic heterocycles. The molecule has 402 valence electrons. The molecule has 0 spiro atoms. The number of nitrogens with one attached hydrogen (secondary N) is 5. The normalized spacial score (nSPS) is 12.8. The molecule has 1 aliphatic rings. The van der Waals surface area contributed by atoms with Gasteiger partial charge in [-0.2, -0.15) is 0 Å². The maximum absolute atomic E-state index is 14.6. The van der Waals surface area contributed by atoms with Crippen LogP contribution < -0.4 is 42.6 Å². The van der Waals surface area contributed by atoms with Crippen molar-refractivity contribution in [1.29, 1.82) is 0 Å². The SMILES string of the molecule is C=C1C=C(NCCCCCCNC(=O)c2ccc(-c3ccc(C(=O)NCCCCCCNc4cc5c(cc4C)nc4cc(F)c(N)cc4[n+]5-c4ccccc4)cc3)cc2)C(C)=CC1=Nc1cc(F)c(N)cc1Nc1ccccc1. The van der Waals surface area contributed by atoms with Crippen molar-refractivity contribution < 1.29 is 22.9 Å². The number of hydrogen-bond donors (Lipinski definition) is 7. The first kappa shape index (κ1) is 54.6. The first-order valence-electron chi connectivity index (χ1n) is 27.0. The summed E-state index contributed by atoms with van der Waals surface area (Å²) in [6, 6.07) is 44.6. The van der Waals surface area contributed by atoms with Gasteiger partial charge in [-0.05, 0) is 128 Å². The van der Waals surface area contributed by atoms with Crippen LogP contribution in [0, 0.1) is 18.6 Å². The molecule has 0 saturated heterocycles. The number of amides is 2. The van der Waals surface area contributed by atoms with Gasteiger partial charge in [0.2, 0.25) is 16.7 Å². The van der Waals surface area contributed by atoms with E-state index in [1.807, 2.05) is 141 Å². The van der Waals surface area contributed by atoms with Gasteiger partial charge in [-0.25, -0.2) is 18.8 Å². The summed E-state index contributed by atoms with van der Waals surface area (Å²) in [5.74, 6) is -1.23. The number of aromatic nitrogens is 2. The number of aliphatic imine (C=N–C) groups is 1. The maximum atomic E-state index is 14.6. The van der Waals surface area contributed by atoms with E-state index < -0.39 is 11.6 Å². The van der Waals surface area contributed by atoms with Gasteiger partial charge in [0.05, 0.1) is 28.5 Å². The standard InChI is InChI=1S/C65H66F2N10O2/c1-42-35-57(75-58-37-51(66)53(68)39-59(58)74-49-18-10-8-11-19-49)44(3)34-55(42)70-30-14-4-6-16-32-72-64(78)47-26-22-45(23-27-47)46-24-28-48(29-25-46)65(79)73-33-17-7-5-15-31-71-56-41-63-60(36-43(56)2)76-61-38-52(67)54(69)40-62(61)77(63)50-20-12-9-13-21-50/h8-13,18-29,34-41,70,74H,3-7,14-17,30-33,68H2,1-2H3,(H4,69,71,72,73,78,79)/p+1. The molecule has 0 fully saturated rings. The van der Waals surface area contributed by atoms with E-state index >= 15 is 0 Å². The second kappa shape index (κ2) is 25.8. The summed E-state index contributed by atoms with van der Waals surface area (Å²) in [6.07, 6.45) is 11.6. The predicted molar refractivity (Wildman–Crippen MR) is 318 cm³/mol. The molecule has 0 atom stereocenters. The highest BCUT2D eigenvalue weighted by molar-refractivity contribution is 6.13. The fourth-order valence-electron chi connectivity index (χ4n) is 9.59. The van der Waals surface area contributed by atoms with E-state index in [1.54, 1.807) is 12.1 Å². The minimum Gasteiger partial charge on any atom is -0.396 e. The second-order valence-corrected chi connectivity index (χ2v) is 19.9. The van der Waals surface area contributed by atoms with Crippen LogP contribution >= 0.6 is 0 Å². The van der Waals surface area contributed by atoms with Crippen molar-refractivity contribution in [3.8, 4) is 16.8 Å². The molecular weight excluding hydrogens is 991 g/mol. The number of nitrogen functional groups attached to an aromatic ring is 2. The Morgan fingerprint density at radius 3 is 1.73 bits per heavy atom. The third-order valence-corrected chi connectivity index (χ3v) is 14.0. The number of allylic oxidation sites excluding steroid dienone is 4. The summed E-state index contributed by atoms with van der Waals surface area (Å²) in [6.45, 7) is 11.0. The average molecular weight is 1060 g/mol. The number of hydrogen-bond acceptors (Lipinski definition) is 9. The fourth-order valence-corrected chi connectivity index (χ4v) is 9.59. The Bertz CT molecular complexity index is 3600. The molecule has 14 heteroatoms. The number of carbonyl (C=O) groups excluding carboxylic acids is 2. The Balaban J connectivity index is 0.645. The van der Waals surface area contributed by atoms with E-state index in [0.29, 0.717) is 52.4 Å². The van der Waals surface area contributed by atoms with Crippen LogP contribution in [-0.2, 0) is 0 Å². The smallest absolute Gasteiger partial charge is 0.251 e. The van der Waals surface area contributed by atoms with Gasteiger partial charge < -0.3 is 38.1 Å². The molecule has 9 N–H and O–H groups in total. The van der Waals surface area contributed by atoms with E-state index in [0.717, 1.165) is 126 Å². The lowest BCUT2D eigenvalue weighted by atomic mass is 9.99. The number of aryl methyl sites for hydroxylation is 1. The molecule has 12 nitrogen and oxygen atoms in total. The highest BCUT2D eigenvalue weighted by Crippen LogP contribution is 2.34. The van der Waals surface area contributed by atoms with E-state index in [2.05, 4.69) is 43.8 Å². The quantitative estimate of drug-likeness (QED) is 0.0143. The van der Waals surface area contributed by atoms with Crippen LogP contribution in [0.25, 0.3) is 38.9 Å². The Morgan fingerprint density at radius 1 is 0.582 bits per heavy atom. The van der Waals surface area contributed by atoms with Gasteiger partial charge in [-0.1, -0.05) is 92.9 Å². The summed E-state index contributed by atoms with van der Waals surface area (Å²) >= 11 is 0. The molecule has 0 radical (unpaired) electrons. The van der Waals surface area contributed by atoms with E-state index in [9.17, 15) is 18.4 Å². The van der Waals surface area contributed by atoms with Crippen molar-refractivity contribution in [2.45, 2.75) is 65.2 Å². The van der Waals surface area contributed by atoms with Gasteiger partial charge in [0, 0.05) is 90.8 Å². The summed E-state index contributed by atoms with van der Waals surface area (Å²) in [4.78, 5) is 35.5. The van der Waals surface area contributed by atoms with Crippen LogP contribution in [0.3, 0.4) is 0 Å². The van der Waals surface area contributed by atoms with Crippen LogP contribution in [0.5, 0.6) is 0 Å². The molecule has 9 rings (SSSR count). The van der Waals surface area contributed by atoms with Crippen molar-refractivity contribution >= 4 is 73.7 Å². The molecule has 1 aromatic heterocycles. The van der Waals surface area contributed by atoms with Crippen LogP contribution in [0.1, 0.15) is 84.6 Å². The monoisotopic (exact) mass is 1060 g/mol. The van der Waals surface area contributed by atoms with Crippen molar-refractivity contribution in [3.63, 3.8) is 0 Å². The summed E-state index contributed by atoms with van der Waals surface area (Å²) in [5, 5.41) is 16.5. The average Bonchev–Trinajstić information content (AvgIpc) is 3.46. The number of anilines is 5. The molecule has 7 aromatic carbocycles. The predicted octanol–water partition coefficient (Wildman–Crippen LogP) is 13.3. The number of benzene rings is 7. The van der Waals surface area contributed by atoms with Crippen LogP contribution in [-0.4, -0.2) is 48.7 Å². The Morgan fingerprint density at radius 2 is 1.11 bits per heavy atom. The van der Waals surface area contributed by atoms with Crippen LogP contribution in [0.2, 0.25) is 0 Å². The van der Waals surface area contributed by atoms with Crippen molar-refractivity contribution in [2.75, 3.05) is 48.3 Å². The fraction of sp³-hybridized carbons (Fsp3) is 0.215. The first-order chi connectivity index (χ1) is 38.4. The van der Waals surface area contributed by atoms with E-state index in [-0.39, 0.29) is 23.2 Å². The summed E-state index contributed by atoms with van der Waals surface area (Å²) < 4.78 is 31.2. The van der Waals surface area contributed by atoms with Crippen molar-refractivity contribution in [3.05, 3.63) is 209 Å². The lowest BCUT2D eigenvalue weighted by molar-refractivity contribution is -0.538. The zero-order chi connectivity index (χ0) is 55.3. The van der Waals surface area contributed by atoms with E-state index in [4.69, 9.17) is 21.4 Å². The van der Waals surface area contributed by atoms with Gasteiger partial charge in [0.1, 0.15) is 22.7 Å². The Hall–Kier alpha value is -9.17. The number of carbonyl (C=O) groups is 2. The molecule has 1 heterocycles. The minimum absolute atomic E-state index is 0.0388. The molecular formula is C65H67F2N10O2+. The number of nitrogens with two attached hydrogens (primary N) is 2. The molecule has 0 unspecified atom stereocenters. The van der Waals surface area contributed by atoms with Crippen LogP contribution in [0.15, 0.2) is 186 Å². The third kappa shape index (κ3) is 13.9. The number of rotatable bonds is 23. The van der Waals surface area contributed by atoms with Gasteiger partial charge >= 0.3 is 0 Å². The first-order valence-corrected chi connectivity index (χ1v) is 27.0. The molecule has 79 heavy (non-hydrogen) atoms. The number of fused-ring (bicyclic) bond motifs is 2. The highest BCUT2D eigenvalue weighted by atomic mass is 19.1. The van der Waals surface area contributed by atoms with E-state index in [1.165, 1.54) is 12.1 Å².